The molecule has 0 bridgehead atoms. The molecule has 1 aromatic heterocycles. The highest BCUT2D eigenvalue weighted by Crippen LogP contribution is 2.30. The lowest BCUT2D eigenvalue weighted by molar-refractivity contribution is -0.134. The lowest BCUT2D eigenvalue weighted by Crippen LogP contribution is -2.38. The van der Waals surface area contributed by atoms with Crippen molar-refractivity contribution < 1.29 is 14.3 Å². The highest BCUT2D eigenvalue weighted by atomic mass is 16.5. The second-order valence-electron chi connectivity index (χ2n) is 6.16. The van der Waals surface area contributed by atoms with Gasteiger partial charge in [-0.1, -0.05) is 18.2 Å². The maximum Gasteiger partial charge on any atom is 0.260 e. The molecule has 0 unspecified atom stereocenters. The number of ether oxygens (including phenoxy) is 2. The summed E-state index contributed by atoms with van der Waals surface area (Å²) in [5.41, 5.74) is 3.46. The zero-order valence-corrected chi connectivity index (χ0v) is 14.1. The number of hydrogen-bond donors (Lipinski definition) is 1. The van der Waals surface area contributed by atoms with Crippen LogP contribution in [-0.2, 0) is 17.8 Å². The molecular weight excluding hydrogens is 316 g/mol. The molecule has 5 nitrogen and oxygen atoms in total. The number of nitrogens with one attached hydrogen (secondary N) is 1. The van der Waals surface area contributed by atoms with E-state index in [2.05, 4.69) is 4.98 Å². The van der Waals surface area contributed by atoms with Crippen LogP contribution in [0.3, 0.4) is 0 Å². The van der Waals surface area contributed by atoms with Gasteiger partial charge in [0.2, 0.25) is 0 Å². The number of carbonyl (C=O) groups is 1. The first-order chi connectivity index (χ1) is 12.2. The van der Waals surface area contributed by atoms with Crippen LogP contribution in [-0.4, -0.2) is 36.1 Å². The Balaban J connectivity index is 1.50. The molecular formula is C20H20N2O3. The van der Waals surface area contributed by atoms with Gasteiger partial charge < -0.3 is 19.4 Å². The molecule has 5 heteroatoms. The van der Waals surface area contributed by atoms with Crippen LogP contribution in [0, 0.1) is 0 Å². The topological polar surface area (TPSA) is 54.6 Å². The van der Waals surface area contributed by atoms with Gasteiger partial charge in [-0.2, -0.15) is 0 Å². The fourth-order valence-corrected chi connectivity index (χ4v) is 3.29. The molecule has 4 rings (SSSR count). The Morgan fingerprint density at radius 3 is 2.80 bits per heavy atom. The number of nitrogens with zero attached hydrogens (tertiary/aromatic N) is 1. The first-order valence-electron chi connectivity index (χ1n) is 8.37. The van der Waals surface area contributed by atoms with Crippen molar-refractivity contribution in [1.29, 1.82) is 0 Å². The largest absolute Gasteiger partial charge is 0.497 e. The summed E-state index contributed by atoms with van der Waals surface area (Å²) in [5, 5.41) is 1.12. The number of H-pyrrole nitrogens is 1. The minimum Gasteiger partial charge on any atom is -0.497 e. The second-order valence-corrected chi connectivity index (χ2v) is 6.16. The molecule has 1 amide bonds. The van der Waals surface area contributed by atoms with Crippen LogP contribution in [0.4, 0.5) is 0 Å². The number of amides is 1. The van der Waals surface area contributed by atoms with Gasteiger partial charge in [-0.15, -0.1) is 0 Å². The van der Waals surface area contributed by atoms with Crippen LogP contribution in [0.5, 0.6) is 11.5 Å². The molecule has 0 atom stereocenters. The van der Waals surface area contributed by atoms with Crippen LogP contribution < -0.4 is 9.47 Å². The van der Waals surface area contributed by atoms with E-state index >= 15 is 0 Å². The molecule has 128 valence electrons. The SMILES string of the molecule is COc1ccc2[nH]c3c(c2c1)CN(C(=O)COc1ccccc1)CC3. The number of carbonyl (C=O) groups excluding carboxylic acids is 1. The zero-order chi connectivity index (χ0) is 17.2. The van der Waals surface area contributed by atoms with Crippen molar-refractivity contribution in [1.82, 2.24) is 9.88 Å². The first kappa shape index (κ1) is 15.6. The number of aromatic nitrogens is 1. The molecule has 1 aliphatic rings. The summed E-state index contributed by atoms with van der Waals surface area (Å²) in [6, 6.07) is 15.4. The molecule has 1 N–H and O–H groups in total. The smallest absolute Gasteiger partial charge is 0.260 e. The standard InChI is InChI=1S/C20H20N2O3/c1-24-15-7-8-18-16(11-15)17-12-22(10-9-19(17)21-18)20(23)13-25-14-5-3-2-4-6-14/h2-8,11,21H,9-10,12-13H2,1H3. The maximum absolute atomic E-state index is 12.5. The number of hydrogen-bond acceptors (Lipinski definition) is 3. The minimum atomic E-state index is 0.00625. The predicted molar refractivity (Wildman–Crippen MR) is 95.9 cm³/mol. The summed E-state index contributed by atoms with van der Waals surface area (Å²) < 4.78 is 10.9. The Kier molecular flexibility index (Phi) is 4.06. The van der Waals surface area contributed by atoms with E-state index in [4.69, 9.17) is 9.47 Å². The number of aromatic amines is 1. The average molecular weight is 336 g/mol. The monoisotopic (exact) mass is 336 g/mol. The van der Waals surface area contributed by atoms with Crippen molar-refractivity contribution >= 4 is 16.8 Å². The van der Waals surface area contributed by atoms with Crippen molar-refractivity contribution in [2.75, 3.05) is 20.3 Å². The number of fused-ring (bicyclic) bond motifs is 3. The van der Waals surface area contributed by atoms with Gasteiger partial charge in [-0.05, 0) is 30.3 Å². The van der Waals surface area contributed by atoms with E-state index in [1.807, 2.05) is 53.4 Å². The van der Waals surface area contributed by atoms with Gasteiger partial charge in [0, 0.05) is 41.7 Å². The average Bonchev–Trinajstić information content (AvgIpc) is 3.03. The van der Waals surface area contributed by atoms with Crippen LogP contribution in [0.1, 0.15) is 11.3 Å². The van der Waals surface area contributed by atoms with Crippen molar-refractivity contribution in [2.45, 2.75) is 13.0 Å². The Morgan fingerprint density at radius 1 is 1.16 bits per heavy atom. The van der Waals surface area contributed by atoms with Gasteiger partial charge in [0.25, 0.3) is 5.91 Å². The van der Waals surface area contributed by atoms with E-state index in [0.717, 1.165) is 23.1 Å². The van der Waals surface area contributed by atoms with Gasteiger partial charge >= 0.3 is 0 Å². The van der Waals surface area contributed by atoms with E-state index in [0.29, 0.717) is 18.8 Å². The molecule has 0 spiro atoms. The van der Waals surface area contributed by atoms with Crippen molar-refractivity contribution in [3.63, 3.8) is 0 Å². The lowest BCUT2D eigenvalue weighted by Gasteiger charge is -2.27. The van der Waals surface area contributed by atoms with Gasteiger partial charge in [0.15, 0.2) is 6.61 Å². The van der Waals surface area contributed by atoms with Gasteiger partial charge in [-0.25, -0.2) is 0 Å². The van der Waals surface area contributed by atoms with Gasteiger partial charge in [0.05, 0.1) is 7.11 Å². The number of methoxy groups -OCH3 is 1. The third kappa shape index (κ3) is 3.05. The molecule has 0 radical (unpaired) electrons. The molecule has 25 heavy (non-hydrogen) atoms. The summed E-state index contributed by atoms with van der Waals surface area (Å²) in [7, 11) is 1.66. The molecule has 0 fully saturated rings. The van der Waals surface area contributed by atoms with E-state index in [9.17, 15) is 4.79 Å². The molecule has 0 saturated carbocycles. The number of para-hydroxylation sites is 1. The molecule has 3 aromatic rings. The summed E-state index contributed by atoms with van der Waals surface area (Å²) in [4.78, 5) is 17.8. The summed E-state index contributed by atoms with van der Waals surface area (Å²) in [6.45, 7) is 1.36. The molecule has 0 aliphatic carbocycles. The van der Waals surface area contributed by atoms with Crippen molar-refractivity contribution in [2.24, 2.45) is 0 Å². The van der Waals surface area contributed by atoms with E-state index in [-0.39, 0.29) is 12.5 Å². The highest BCUT2D eigenvalue weighted by molar-refractivity contribution is 5.87. The van der Waals surface area contributed by atoms with Crippen LogP contribution in [0.25, 0.3) is 10.9 Å². The van der Waals surface area contributed by atoms with E-state index in [1.54, 1.807) is 7.11 Å². The normalized spacial score (nSPS) is 13.6. The third-order valence-corrected chi connectivity index (χ3v) is 4.64. The molecule has 2 heterocycles. The van der Waals surface area contributed by atoms with Gasteiger partial charge in [-0.3, -0.25) is 4.79 Å². The van der Waals surface area contributed by atoms with E-state index in [1.165, 1.54) is 11.3 Å². The minimum absolute atomic E-state index is 0.00625. The number of rotatable bonds is 4. The highest BCUT2D eigenvalue weighted by Gasteiger charge is 2.24. The third-order valence-electron chi connectivity index (χ3n) is 4.64. The van der Waals surface area contributed by atoms with E-state index < -0.39 is 0 Å². The zero-order valence-electron chi connectivity index (χ0n) is 14.1. The number of benzene rings is 2. The fourth-order valence-electron chi connectivity index (χ4n) is 3.29. The Labute approximate surface area is 146 Å². The molecule has 0 saturated heterocycles. The first-order valence-corrected chi connectivity index (χ1v) is 8.37. The van der Waals surface area contributed by atoms with Crippen LogP contribution >= 0.6 is 0 Å². The van der Waals surface area contributed by atoms with Crippen molar-refractivity contribution in [3.05, 3.63) is 59.8 Å². The van der Waals surface area contributed by atoms with Crippen molar-refractivity contribution in [3.8, 4) is 11.5 Å². The summed E-state index contributed by atoms with van der Waals surface area (Å²) >= 11 is 0. The predicted octanol–water partition coefficient (Wildman–Crippen LogP) is 3.14. The molecule has 1 aliphatic heterocycles. The maximum atomic E-state index is 12.5. The summed E-state index contributed by atoms with van der Waals surface area (Å²) in [5.74, 6) is 1.54. The van der Waals surface area contributed by atoms with Crippen LogP contribution in [0.2, 0.25) is 0 Å². The second kappa shape index (κ2) is 6.51. The fraction of sp³-hybridized carbons (Fsp3) is 0.250. The van der Waals surface area contributed by atoms with Gasteiger partial charge in [0.1, 0.15) is 11.5 Å². The Bertz CT molecular complexity index is 902. The molecule has 2 aromatic carbocycles. The Morgan fingerprint density at radius 2 is 2.00 bits per heavy atom. The lowest BCUT2D eigenvalue weighted by atomic mass is 10.0. The summed E-state index contributed by atoms with van der Waals surface area (Å²) in [6.07, 6.45) is 0.823. The van der Waals surface area contributed by atoms with Crippen LogP contribution in [0.15, 0.2) is 48.5 Å². The Hall–Kier alpha value is -2.95. The quantitative estimate of drug-likeness (QED) is 0.796.